The minimum absolute atomic E-state index is 0.534. The van der Waals surface area contributed by atoms with Crippen LogP contribution >= 0.6 is 0 Å². The van der Waals surface area contributed by atoms with Crippen LogP contribution in [0.15, 0.2) is 11.6 Å². The fraction of sp³-hybridized carbons (Fsp3) is 0.833. The third kappa shape index (κ3) is 4.77. The lowest BCUT2D eigenvalue weighted by molar-refractivity contribution is 0.0770. The van der Waals surface area contributed by atoms with Gasteiger partial charge in [0.05, 0.1) is 13.2 Å². The predicted molar refractivity (Wildman–Crippen MR) is 60.4 cm³/mol. The number of allylic oxidation sites excluding steroid dienone is 1. The van der Waals surface area contributed by atoms with Crippen LogP contribution in [0.4, 0.5) is 0 Å². The molecule has 1 aliphatic rings. The average Bonchev–Trinajstić information content (AvgIpc) is 2.16. The molecule has 1 atom stereocenters. The van der Waals surface area contributed by atoms with Crippen molar-refractivity contribution in [2.45, 2.75) is 39.7 Å². The first-order valence-electron chi connectivity index (χ1n) is 5.65. The van der Waals surface area contributed by atoms with Crippen molar-refractivity contribution < 1.29 is 4.74 Å². The zero-order chi connectivity index (χ0) is 10.4. The molecule has 0 amide bonds. The summed E-state index contributed by atoms with van der Waals surface area (Å²) in [6, 6.07) is 0.534. The molecule has 1 rings (SSSR count). The van der Waals surface area contributed by atoms with Crippen LogP contribution in [0.2, 0.25) is 0 Å². The molecule has 2 nitrogen and oxygen atoms in total. The summed E-state index contributed by atoms with van der Waals surface area (Å²) >= 11 is 0. The van der Waals surface area contributed by atoms with Crippen LogP contribution in [0.5, 0.6) is 0 Å². The molecule has 0 aliphatic carbocycles. The Balaban J connectivity index is 2.24. The van der Waals surface area contributed by atoms with Gasteiger partial charge in [-0.1, -0.05) is 25.5 Å². The lowest BCUT2D eigenvalue weighted by atomic mass is 10.0. The lowest BCUT2D eigenvalue weighted by Crippen LogP contribution is -2.41. The monoisotopic (exact) mass is 197 g/mol. The van der Waals surface area contributed by atoms with Crippen LogP contribution in [-0.2, 0) is 4.74 Å². The van der Waals surface area contributed by atoms with Gasteiger partial charge in [0.25, 0.3) is 0 Å². The van der Waals surface area contributed by atoms with E-state index in [1.807, 2.05) is 0 Å². The maximum Gasteiger partial charge on any atom is 0.0623 e. The van der Waals surface area contributed by atoms with Gasteiger partial charge >= 0.3 is 0 Å². The Morgan fingerprint density at radius 1 is 1.57 bits per heavy atom. The van der Waals surface area contributed by atoms with E-state index in [1.54, 1.807) is 0 Å². The molecule has 1 unspecified atom stereocenters. The number of ether oxygens (including phenoxy) is 1. The molecule has 0 aromatic rings. The van der Waals surface area contributed by atoms with E-state index in [1.165, 1.54) is 12.0 Å². The van der Waals surface area contributed by atoms with E-state index < -0.39 is 0 Å². The van der Waals surface area contributed by atoms with E-state index >= 15 is 0 Å². The molecule has 2 heteroatoms. The molecule has 0 spiro atoms. The van der Waals surface area contributed by atoms with E-state index in [0.717, 1.165) is 32.1 Å². The highest BCUT2D eigenvalue weighted by atomic mass is 16.5. The van der Waals surface area contributed by atoms with Gasteiger partial charge in [0.15, 0.2) is 0 Å². The van der Waals surface area contributed by atoms with Crippen molar-refractivity contribution >= 4 is 0 Å². The third-order valence-electron chi connectivity index (χ3n) is 2.50. The van der Waals surface area contributed by atoms with Crippen molar-refractivity contribution in [3.05, 3.63) is 11.6 Å². The van der Waals surface area contributed by atoms with Crippen molar-refractivity contribution in [2.75, 3.05) is 19.8 Å². The quantitative estimate of drug-likeness (QED) is 0.699. The average molecular weight is 197 g/mol. The van der Waals surface area contributed by atoms with E-state index in [2.05, 4.69) is 32.2 Å². The second-order valence-corrected chi connectivity index (χ2v) is 4.61. The maximum absolute atomic E-state index is 5.42. The largest absolute Gasteiger partial charge is 0.379 e. The second kappa shape index (κ2) is 6.20. The van der Waals surface area contributed by atoms with E-state index in [0.29, 0.717) is 6.04 Å². The van der Waals surface area contributed by atoms with Crippen LogP contribution < -0.4 is 5.32 Å². The van der Waals surface area contributed by atoms with Crippen LogP contribution in [0.3, 0.4) is 0 Å². The van der Waals surface area contributed by atoms with Gasteiger partial charge in [0.2, 0.25) is 0 Å². The second-order valence-electron chi connectivity index (χ2n) is 4.61. The summed E-state index contributed by atoms with van der Waals surface area (Å²) in [5.74, 6) is 0.764. The summed E-state index contributed by atoms with van der Waals surface area (Å²) in [7, 11) is 0. The Hall–Kier alpha value is -0.340. The minimum atomic E-state index is 0.534. The fourth-order valence-electron chi connectivity index (χ4n) is 1.66. The Bertz CT molecular complexity index is 181. The number of hydrogen-bond acceptors (Lipinski definition) is 2. The molecule has 82 valence electrons. The molecule has 14 heavy (non-hydrogen) atoms. The maximum atomic E-state index is 5.42. The van der Waals surface area contributed by atoms with Crippen molar-refractivity contribution in [3.8, 4) is 0 Å². The molecule has 1 saturated heterocycles. The van der Waals surface area contributed by atoms with Crippen LogP contribution in [0, 0.1) is 5.92 Å². The zero-order valence-electron chi connectivity index (χ0n) is 9.68. The van der Waals surface area contributed by atoms with Crippen molar-refractivity contribution in [1.29, 1.82) is 0 Å². The summed E-state index contributed by atoms with van der Waals surface area (Å²) in [4.78, 5) is 0. The topological polar surface area (TPSA) is 21.3 Å². The fourth-order valence-corrected chi connectivity index (χ4v) is 1.66. The first-order valence-corrected chi connectivity index (χ1v) is 5.65. The van der Waals surface area contributed by atoms with Crippen LogP contribution in [0.25, 0.3) is 0 Å². The Kier molecular flexibility index (Phi) is 5.20. The predicted octanol–water partition coefficient (Wildman–Crippen LogP) is 2.36. The molecule has 1 aliphatic heterocycles. The molecule has 1 N–H and O–H groups in total. The highest BCUT2D eigenvalue weighted by Crippen LogP contribution is 2.10. The van der Waals surface area contributed by atoms with Crippen molar-refractivity contribution in [1.82, 2.24) is 5.32 Å². The number of morpholine rings is 1. The van der Waals surface area contributed by atoms with Gasteiger partial charge in [0.1, 0.15) is 0 Å². The SMILES string of the molecule is C/C(=C/CC(C)C)CC1COCCN1. The molecule has 0 aromatic heterocycles. The van der Waals surface area contributed by atoms with Gasteiger partial charge in [-0.05, 0) is 25.7 Å². The third-order valence-corrected chi connectivity index (χ3v) is 2.50. The molecule has 0 aromatic carbocycles. The standard InChI is InChI=1S/C12H23NO/c1-10(2)4-5-11(3)8-12-9-14-7-6-13-12/h5,10,12-13H,4,6-9H2,1-3H3/b11-5-. The van der Waals surface area contributed by atoms with E-state index in [-0.39, 0.29) is 0 Å². The normalized spacial score (nSPS) is 24.3. The molecule has 0 saturated carbocycles. The number of hydrogen-bond donors (Lipinski definition) is 1. The smallest absolute Gasteiger partial charge is 0.0623 e. The van der Waals surface area contributed by atoms with Crippen molar-refractivity contribution in [2.24, 2.45) is 5.92 Å². The Morgan fingerprint density at radius 3 is 2.93 bits per heavy atom. The van der Waals surface area contributed by atoms with Crippen LogP contribution in [-0.4, -0.2) is 25.8 Å². The van der Waals surface area contributed by atoms with Gasteiger partial charge in [0, 0.05) is 12.6 Å². The molecule has 0 bridgehead atoms. The molecule has 0 radical (unpaired) electrons. The summed E-state index contributed by atoms with van der Waals surface area (Å²) in [5, 5.41) is 3.47. The van der Waals surface area contributed by atoms with Crippen molar-refractivity contribution in [3.63, 3.8) is 0 Å². The Morgan fingerprint density at radius 2 is 2.36 bits per heavy atom. The summed E-state index contributed by atoms with van der Waals surface area (Å²) in [6.07, 6.45) is 4.69. The minimum Gasteiger partial charge on any atom is -0.379 e. The highest BCUT2D eigenvalue weighted by molar-refractivity contribution is 5.01. The lowest BCUT2D eigenvalue weighted by Gasteiger charge is -2.24. The molecular formula is C12H23NO. The van der Waals surface area contributed by atoms with Gasteiger partial charge < -0.3 is 10.1 Å². The zero-order valence-corrected chi connectivity index (χ0v) is 9.68. The first kappa shape index (κ1) is 11.7. The molecular weight excluding hydrogens is 174 g/mol. The molecule has 1 fully saturated rings. The van der Waals surface area contributed by atoms with E-state index in [9.17, 15) is 0 Å². The van der Waals surface area contributed by atoms with Gasteiger partial charge in [-0.2, -0.15) is 0 Å². The van der Waals surface area contributed by atoms with Gasteiger partial charge in [-0.3, -0.25) is 0 Å². The summed E-state index contributed by atoms with van der Waals surface area (Å²) in [6.45, 7) is 9.47. The highest BCUT2D eigenvalue weighted by Gasteiger charge is 2.12. The Labute approximate surface area is 87.7 Å². The number of rotatable bonds is 4. The van der Waals surface area contributed by atoms with Gasteiger partial charge in [-0.15, -0.1) is 0 Å². The molecule has 1 heterocycles. The number of nitrogens with one attached hydrogen (secondary N) is 1. The first-order chi connectivity index (χ1) is 6.68. The van der Waals surface area contributed by atoms with E-state index in [4.69, 9.17) is 4.74 Å². The van der Waals surface area contributed by atoms with Crippen LogP contribution in [0.1, 0.15) is 33.6 Å². The summed E-state index contributed by atoms with van der Waals surface area (Å²) < 4.78 is 5.42. The van der Waals surface area contributed by atoms with Gasteiger partial charge in [-0.25, -0.2) is 0 Å². The summed E-state index contributed by atoms with van der Waals surface area (Å²) in [5.41, 5.74) is 1.49.